The average Bonchev–Trinajstić information content (AvgIpc) is 2.40. The maximum atomic E-state index is 5.86. The molecule has 0 aromatic heterocycles. The maximum absolute atomic E-state index is 5.86. The molecule has 0 fully saturated rings. The number of nitrogen functional groups attached to an aromatic ring is 1. The van der Waals surface area contributed by atoms with Crippen LogP contribution in [0.1, 0.15) is 17.0 Å². The predicted octanol–water partition coefficient (Wildman–Crippen LogP) is 3.00. The molecule has 3 heteroatoms. The summed E-state index contributed by atoms with van der Waals surface area (Å²) < 4.78 is 10.9. The molecule has 3 nitrogen and oxygen atoms in total. The number of nitrogens with two attached hydrogens (primary N) is 1. The highest BCUT2D eigenvalue weighted by molar-refractivity contribution is 5.56. The van der Waals surface area contributed by atoms with Crippen molar-refractivity contribution in [3.63, 3.8) is 0 Å². The predicted molar refractivity (Wildman–Crippen MR) is 75.8 cm³/mol. The molecule has 0 saturated heterocycles. The van der Waals surface area contributed by atoms with Crippen molar-refractivity contribution in [1.82, 2.24) is 0 Å². The van der Waals surface area contributed by atoms with Crippen molar-refractivity contribution in [2.45, 2.75) is 12.3 Å². The third-order valence-electron chi connectivity index (χ3n) is 3.61. The van der Waals surface area contributed by atoms with Gasteiger partial charge in [0.1, 0.15) is 11.5 Å². The van der Waals surface area contributed by atoms with E-state index in [0.29, 0.717) is 24.0 Å². The van der Waals surface area contributed by atoms with E-state index >= 15 is 0 Å². The molecule has 98 valence electrons. The Bertz CT molecular complexity index is 595. The molecular weight excluding hydrogens is 238 g/mol. The van der Waals surface area contributed by atoms with Crippen LogP contribution in [-0.4, -0.2) is 13.7 Å². The maximum Gasteiger partial charge on any atom is 0.142 e. The number of hydrogen-bond donors (Lipinski definition) is 1. The monoisotopic (exact) mass is 255 g/mol. The highest BCUT2D eigenvalue weighted by Crippen LogP contribution is 2.35. The van der Waals surface area contributed by atoms with Crippen LogP contribution >= 0.6 is 0 Å². The molecule has 2 N–H and O–H groups in total. The molecular formula is C16H17NO2. The number of rotatable bonds is 4. The molecule has 0 radical (unpaired) electrons. The first-order chi connectivity index (χ1) is 9.28. The summed E-state index contributed by atoms with van der Waals surface area (Å²) in [6.45, 7) is 0.697. The molecule has 0 aliphatic heterocycles. The minimum absolute atomic E-state index is 0.500. The Hall–Kier alpha value is -2.16. The minimum atomic E-state index is 0.500. The quantitative estimate of drug-likeness (QED) is 0.854. The SMILES string of the molecule is COc1ccc(OCC2Cc3ccccc32)cc1N. The van der Waals surface area contributed by atoms with Crippen LogP contribution in [0.2, 0.25) is 0 Å². The second kappa shape index (κ2) is 4.84. The zero-order valence-corrected chi connectivity index (χ0v) is 10.9. The Morgan fingerprint density at radius 2 is 2.05 bits per heavy atom. The highest BCUT2D eigenvalue weighted by atomic mass is 16.5. The Kier molecular flexibility index (Phi) is 3.03. The summed E-state index contributed by atoms with van der Waals surface area (Å²) >= 11 is 0. The van der Waals surface area contributed by atoms with Crippen LogP contribution in [-0.2, 0) is 6.42 Å². The molecule has 0 heterocycles. The van der Waals surface area contributed by atoms with Crippen LogP contribution in [0.3, 0.4) is 0 Å². The van der Waals surface area contributed by atoms with Gasteiger partial charge in [-0.3, -0.25) is 0 Å². The van der Waals surface area contributed by atoms with E-state index in [4.69, 9.17) is 15.2 Å². The molecule has 0 spiro atoms. The second-order valence-electron chi connectivity index (χ2n) is 4.81. The van der Waals surface area contributed by atoms with Gasteiger partial charge in [-0.2, -0.15) is 0 Å². The van der Waals surface area contributed by atoms with Crippen molar-refractivity contribution in [3.8, 4) is 11.5 Å². The van der Waals surface area contributed by atoms with E-state index in [1.54, 1.807) is 7.11 Å². The Morgan fingerprint density at radius 3 is 2.79 bits per heavy atom. The van der Waals surface area contributed by atoms with Crippen LogP contribution in [0.15, 0.2) is 42.5 Å². The molecule has 0 bridgehead atoms. The summed E-state index contributed by atoms with van der Waals surface area (Å²) in [5.41, 5.74) is 9.30. The number of anilines is 1. The first kappa shape index (κ1) is 11.9. The van der Waals surface area contributed by atoms with Crippen LogP contribution < -0.4 is 15.2 Å². The number of benzene rings is 2. The fourth-order valence-corrected chi connectivity index (χ4v) is 2.51. The van der Waals surface area contributed by atoms with E-state index in [0.717, 1.165) is 12.2 Å². The van der Waals surface area contributed by atoms with Crippen molar-refractivity contribution < 1.29 is 9.47 Å². The van der Waals surface area contributed by atoms with E-state index in [2.05, 4.69) is 24.3 Å². The molecule has 1 aliphatic carbocycles. The lowest BCUT2D eigenvalue weighted by atomic mass is 9.78. The van der Waals surface area contributed by atoms with E-state index < -0.39 is 0 Å². The van der Waals surface area contributed by atoms with Gasteiger partial charge in [-0.1, -0.05) is 24.3 Å². The normalized spacial score (nSPS) is 16.4. The largest absolute Gasteiger partial charge is 0.495 e. The summed E-state index contributed by atoms with van der Waals surface area (Å²) in [7, 11) is 1.61. The van der Waals surface area contributed by atoms with Crippen molar-refractivity contribution in [1.29, 1.82) is 0 Å². The zero-order chi connectivity index (χ0) is 13.2. The topological polar surface area (TPSA) is 44.5 Å². The highest BCUT2D eigenvalue weighted by Gasteiger charge is 2.25. The summed E-state index contributed by atoms with van der Waals surface area (Å²) in [6, 6.07) is 14.0. The molecule has 0 amide bonds. The van der Waals surface area contributed by atoms with Gasteiger partial charge < -0.3 is 15.2 Å². The van der Waals surface area contributed by atoms with Gasteiger partial charge in [0, 0.05) is 12.0 Å². The first-order valence-electron chi connectivity index (χ1n) is 6.42. The van der Waals surface area contributed by atoms with Gasteiger partial charge in [0.25, 0.3) is 0 Å². The first-order valence-corrected chi connectivity index (χ1v) is 6.42. The molecule has 3 rings (SSSR count). The summed E-state index contributed by atoms with van der Waals surface area (Å²) in [5.74, 6) is 1.98. The summed E-state index contributed by atoms with van der Waals surface area (Å²) in [6.07, 6.45) is 1.10. The van der Waals surface area contributed by atoms with Crippen LogP contribution in [0, 0.1) is 0 Å². The van der Waals surface area contributed by atoms with Crippen molar-refractivity contribution in [2.24, 2.45) is 0 Å². The van der Waals surface area contributed by atoms with E-state index in [-0.39, 0.29) is 0 Å². The number of fused-ring (bicyclic) bond motifs is 1. The number of hydrogen-bond acceptors (Lipinski definition) is 3. The minimum Gasteiger partial charge on any atom is -0.495 e. The van der Waals surface area contributed by atoms with Gasteiger partial charge in [0.15, 0.2) is 0 Å². The van der Waals surface area contributed by atoms with Gasteiger partial charge in [0.2, 0.25) is 0 Å². The summed E-state index contributed by atoms with van der Waals surface area (Å²) in [4.78, 5) is 0. The van der Waals surface area contributed by atoms with E-state index in [1.807, 2.05) is 18.2 Å². The van der Waals surface area contributed by atoms with Crippen molar-refractivity contribution in [3.05, 3.63) is 53.6 Å². The van der Waals surface area contributed by atoms with Gasteiger partial charge in [0.05, 0.1) is 19.4 Å². The van der Waals surface area contributed by atoms with Gasteiger partial charge in [-0.15, -0.1) is 0 Å². The molecule has 0 saturated carbocycles. The lowest BCUT2D eigenvalue weighted by molar-refractivity contribution is 0.275. The fraction of sp³-hybridized carbons (Fsp3) is 0.250. The van der Waals surface area contributed by atoms with Crippen LogP contribution in [0.5, 0.6) is 11.5 Å². The molecule has 1 aliphatic rings. The number of methoxy groups -OCH3 is 1. The Morgan fingerprint density at radius 1 is 1.21 bits per heavy atom. The fourth-order valence-electron chi connectivity index (χ4n) is 2.51. The summed E-state index contributed by atoms with van der Waals surface area (Å²) in [5, 5.41) is 0. The third-order valence-corrected chi connectivity index (χ3v) is 3.61. The van der Waals surface area contributed by atoms with E-state index in [9.17, 15) is 0 Å². The van der Waals surface area contributed by atoms with Crippen LogP contribution in [0.4, 0.5) is 5.69 Å². The van der Waals surface area contributed by atoms with Crippen molar-refractivity contribution in [2.75, 3.05) is 19.5 Å². The molecule has 2 aromatic carbocycles. The standard InChI is InChI=1S/C16H17NO2/c1-18-16-7-6-13(9-15(16)17)19-10-12-8-11-4-2-3-5-14(11)12/h2-7,9,12H,8,10,17H2,1H3. The number of ether oxygens (including phenoxy) is 2. The Balaban J connectivity index is 1.64. The van der Waals surface area contributed by atoms with Gasteiger partial charge in [-0.25, -0.2) is 0 Å². The molecule has 1 atom stereocenters. The van der Waals surface area contributed by atoms with Gasteiger partial charge in [-0.05, 0) is 29.7 Å². The smallest absolute Gasteiger partial charge is 0.142 e. The lowest BCUT2D eigenvalue weighted by Crippen LogP contribution is -2.23. The lowest BCUT2D eigenvalue weighted by Gasteiger charge is -2.29. The average molecular weight is 255 g/mol. The zero-order valence-electron chi connectivity index (χ0n) is 10.9. The van der Waals surface area contributed by atoms with E-state index in [1.165, 1.54) is 11.1 Å². The molecule has 19 heavy (non-hydrogen) atoms. The molecule has 1 unspecified atom stereocenters. The second-order valence-corrected chi connectivity index (χ2v) is 4.81. The van der Waals surface area contributed by atoms with Crippen LogP contribution in [0.25, 0.3) is 0 Å². The van der Waals surface area contributed by atoms with Crippen molar-refractivity contribution >= 4 is 5.69 Å². The molecule has 2 aromatic rings. The van der Waals surface area contributed by atoms with Gasteiger partial charge >= 0.3 is 0 Å². The Labute approximate surface area is 113 Å². The third kappa shape index (κ3) is 2.24.